The molecular weight excluding hydrogens is 540 g/mol. The third-order valence-electron chi connectivity index (χ3n) is 13.1. The Morgan fingerprint density at radius 1 is 0.854 bits per heavy atom. The Hall–Kier alpha value is -0.730. The van der Waals surface area contributed by atoms with Crippen LogP contribution in [0, 0.1) is 46.3 Å². The van der Waals surface area contributed by atoms with Crippen LogP contribution in [0.2, 0.25) is 5.02 Å². The summed E-state index contributed by atoms with van der Waals surface area (Å²) in [6.07, 6.45) is 5.94. The first kappa shape index (κ1) is 29.0. The van der Waals surface area contributed by atoms with Gasteiger partial charge in [0.15, 0.2) is 11.6 Å². The molecule has 41 heavy (non-hydrogen) atoms. The van der Waals surface area contributed by atoms with Crippen molar-refractivity contribution < 1.29 is 29.2 Å². The molecule has 2 aliphatic heterocycles. The summed E-state index contributed by atoms with van der Waals surface area (Å²) < 4.78 is 26.2. The first-order valence-electron chi connectivity index (χ1n) is 16.1. The number of fused-ring (bicyclic) bond motifs is 7. The zero-order chi connectivity index (χ0) is 28.9. The summed E-state index contributed by atoms with van der Waals surface area (Å²) in [5.41, 5.74) is 0.891. The highest BCUT2D eigenvalue weighted by atomic mass is 35.5. The molecule has 7 heteroatoms. The molecule has 228 valence electrons. The maximum absolute atomic E-state index is 11.4. The number of halogens is 1. The summed E-state index contributed by atoms with van der Waals surface area (Å²) in [6.45, 7) is 12.6. The van der Waals surface area contributed by atoms with Gasteiger partial charge in [-0.2, -0.15) is 0 Å². The molecule has 2 heterocycles. The fourth-order valence-electron chi connectivity index (χ4n) is 11.4. The van der Waals surface area contributed by atoms with E-state index in [2.05, 4.69) is 20.8 Å². The van der Waals surface area contributed by atoms with Gasteiger partial charge in [-0.1, -0.05) is 44.5 Å². The van der Waals surface area contributed by atoms with Crippen LogP contribution in [0.4, 0.5) is 0 Å². The Morgan fingerprint density at radius 3 is 2.22 bits per heavy atom. The van der Waals surface area contributed by atoms with Crippen molar-refractivity contribution in [3.63, 3.8) is 0 Å². The summed E-state index contributed by atoms with van der Waals surface area (Å²) >= 11 is 6.07. The van der Waals surface area contributed by atoms with Crippen molar-refractivity contribution in [2.24, 2.45) is 46.3 Å². The second-order valence-corrected chi connectivity index (χ2v) is 15.8. The SMILES string of the molecule is C[C@H](C(O)C(O)c1ccc(Cl)cc1)[C@H]1CC[C@H]2[C@@H]3CC4(OCCO4)[C@H]4C[C@@H]5OC(C)(C)O[C@@H]5C[C@]4(C)[C@H]3CC[C@]12C. The van der Waals surface area contributed by atoms with Crippen LogP contribution in [0.1, 0.15) is 91.2 Å². The molecule has 4 aliphatic carbocycles. The van der Waals surface area contributed by atoms with Crippen molar-refractivity contribution in [1.29, 1.82) is 0 Å². The van der Waals surface area contributed by atoms with Crippen LogP contribution >= 0.6 is 11.6 Å². The van der Waals surface area contributed by atoms with Crippen molar-refractivity contribution in [3.8, 4) is 0 Å². The molecule has 2 saturated heterocycles. The molecule has 0 aromatic heterocycles. The molecule has 6 fully saturated rings. The highest BCUT2D eigenvalue weighted by molar-refractivity contribution is 6.30. The predicted octanol–water partition coefficient (Wildman–Crippen LogP) is 6.51. The number of ether oxygens (including phenoxy) is 4. The largest absolute Gasteiger partial charge is 0.390 e. The summed E-state index contributed by atoms with van der Waals surface area (Å²) in [5.74, 6) is 1.20. The van der Waals surface area contributed by atoms with E-state index in [0.29, 0.717) is 47.8 Å². The number of hydrogen-bond donors (Lipinski definition) is 2. The maximum Gasteiger partial charge on any atom is 0.172 e. The minimum absolute atomic E-state index is 0.0196. The summed E-state index contributed by atoms with van der Waals surface area (Å²) in [7, 11) is 0. The van der Waals surface area contributed by atoms with Gasteiger partial charge in [-0.15, -0.1) is 0 Å². The third-order valence-corrected chi connectivity index (χ3v) is 13.3. The van der Waals surface area contributed by atoms with Gasteiger partial charge in [0.2, 0.25) is 0 Å². The molecule has 6 aliphatic rings. The van der Waals surface area contributed by atoms with Crippen LogP contribution in [-0.4, -0.2) is 53.3 Å². The summed E-state index contributed by atoms with van der Waals surface area (Å²) in [4.78, 5) is 0. The molecule has 0 amide bonds. The van der Waals surface area contributed by atoms with Gasteiger partial charge in [-0.3, -0.25) is 0 Å². The van der Waals surface area contributed by atoms with Crippen LogP contribution < -0.4 is 0 Å². The van der Waals surface area contributed by atoms with Gasteiger partial charge in [0.1, 0.15) is 6.10 Å². The van der Waals surface area contributed by atoms with Crippen molar-refractivity contribution >= 4 is 11.6 Å². The van der Waals surface area contributed by atoms with E-state index in [1.807, 2.05) is 26.0 Å². The second-order valence-electron chi connectivity index (χ2n) is 15.4. The Labute approximate surface area is 250 Å². The van der Waals surface area contributed by atoms with Gasteiger partial charge in [0.25, 0.3) is 0 Å². The van der Waals surface area contributed by atoms with E-state index in [1.165, 1.54) is 6.42 Å². The summed E-state index contributed by atoms with van der Waals surface area (Å²) in [5, 5.41) is 23.2. The molecular formula is C34H49ClO6. The van der Waals surface area contributed by atoms with Crippen LogP contribution in [0.3, 0.4) is 0 Å². The second kappa shape index (κ2) is 9.89. The van der Waals surface area contributed by atoms with Crippen molar-refractivity contribution in [3.05, 3.63) is 34.9 Å². The van der Waals surface area contributed by atoms with Crippen LogP contribution in [-0.2, 0) is 18.9 Å². The van der Waals surface area contributed by atoms with Gasteiger partial charge in [-0.25, -0.2) is 0 Å². The van der Waals surface area contributed by atoms with E-state index in [9.17, 15) is 10.2 Å². The van der Waals surface area contributed by atoms with E-state index in [1.54, 1.807) is 12.1 Å². The number of aliphatic hydroxyl groups is 2. The molecule has 1 spiro atoms. The van der Waals surface area contributed by atoms with Gasteiger partial charge in [-0.05, 0) is 110 Å². The number of benzene rings is 1. The Bertz CT molecular complexity index is 1130. The molecule has 1 aromatic rings. The number of hydrogen-bond acceptors (Lipinski definition) is 6. The average Bonchev–Trinajstić information content (AvgIpc) is 3.61. The minimum atomic E-state index is -0.924. The normalized spacial score (nSPS) is 46.3. The molecule has 7 rings (SSSR count). The van der Waals surface area contributed by atoms with Gasteiger partial charge in [0.05, 0.1) is 31.5 Å². The maximum atomic E-state index is 11.4. The highest BCUT2D eigenvalue weighted by Crippen LogP contribution is 2.71. The lowest BCUT2D eigenvalue weighted by Gasteiger charge is -2.65. The summed E-state index contributed by atoms with van der Waals surface area (Å²) in [6, 6.07) is 7.20. The first-order valence-corrected chi connectivity index (χ1v) is 16.5. The third kappa shape index (κ3) is 4.41. The standard InChI is InChI=1S/C34H49ClO6/c1-19(29(36)30(37)20-6-8-21(35)9-7-20)23-10-11-24-22-17-34(38-14-15-39-34)28-16-26-27(41-31(2,3)40-26)18-33(28,5)25(22)12-13-32(23,24)4/h6-9,19,22-30,36-37H,10-18H2,1-5H3/t19-,22-,23+,24-,25-,26-,27+,28-,29?,30?,32+,33+/m0/s1. The molecule has 2 unspecified atom stereocenters. The lowest BCUT2D eigenvalue weighted by Crippen LogP contribution is -2.65. The molecule has 4 saturated carbocycles. The fraction of sp³-hybridized carbons (Fsp3) is 0.824. The van der Waals surface area contributed by atoms with E-state index in [-0.39, 0.29) is 29.0 Å². The number of rotatable bonds is 4. The Morgan fingerprint density at radius 2 is 1.51 bits per heavy atom. The quantitative estimate of drug-likeness (QED) is 0.417. The monoisotopic (exact) mass is 588 g/mol. The van der Waals surface area contributed by atoms with Crippen LogP contribution in [0.5, 0.6) is 0 Å². The lowest BCUT2D eigenvalue weighted by molar-refractivity contribution is -0.301. The molecule has 1 aromatic carbocycles. The Kier molecular flexibility index (Phi) is 7.00. The lowest BCUT2D eigenvalue weighted by atomic mass is 9.42. The van der Waals surface area contributed by atoms with Crippen molar-refractivity contribution in [1.82, 2.24) is 0 Å². The van der Waals surface area contributed by atoms with Crippen molar-refractivity contribution in [2.75, 3.05) is 13.2 Å². The van der Waals surface area contributed by atoms with Crippen molar-refractivity contribution in [2.45, 2.75) is 116 Å². The zero-order valence-corrected chi connectivity index (χ0v) is 26.1. The molecule has 2 N–H and O–H groups in total. The van der Waals surface area contributed by atoms with E-state index in [4.69, 9.17) is 30.5 Å². The van der Waals surface area contributed by atoms with E-state index >= 15 is 0 Å². The molecule has 12 atom stereocenters. The topological polar surface area (TPSA) is 77.4 Å². The molecule has 0 bridgehead atoms. The van der Waals surface area contributed by atoms with Crippen LogP contribution in [0.25, 0.3) is 0 Å². The Balaban J connectivity index is 1.16. The van der Waals surface area contributed by atoms with Gasteiger partial charge >= 0.3 is 0 Å². The van der Waals surface area contributed by atoms with Gasteiger partial charge < -0.3 is 29.2 Å². The molecule has 6 nitrogen and oxygen atoms in total. The smallest absolute Gasteiger partial charge is 0.172 e. The van der Waals surface area contributed by atoms with Gasteiger partial charge in [0, 0.05) is 17.4 Å². The van der Waals surface area contributed by atoms with Crippen LogP contribution in [0.15, 0.2) is 24.3 Å². The number of aliphatic hydroxyl groups excluding tert-OH is 2. The van der Waals surface area contributed by atoms with E-state index < -0.39 is 23.8 Å². The highest BCUT2D eigenvalue weighted by Gasteiger charge is 2.70. The predicted molar refractivity (Wildman–Crippen MR) is 156 cm³/mol. The first-order chi connectivity index (χ1) is 19.4. The van der Waals surface area contributed by atoms with E-state index in [0.717, 1.165) is 44.1 Å². The fourth-order valence-corrected chi connectivity index (χ4v) is 11.5. The zero-order valence-electron chi connectivity index (χ0n) is 25.4. The molecule has 0 radical (unpaired) electrons. The minimum Gasteiger partial charge on any atom is -0.390 e. The average molecular weight is 589 g/mol.